The number of amides is 1. The van der Waals surface area contributed by atoms with Gasteiger partial charge in [-0.1, -0.05) is 11.3 Å². The fraction of sp³-hybridized carbons (Fsp3) is 0.250. The summed E-state index contributed by atoms with van der Waals surface area (Å²) < 4.78 is 0. The summed E-state index contributed by atoms with van der Waals surface area (Å²) in [6, 6.07) is 5.66. The Morgan fingerprint density at radius 1 is 1.44 bits per heavy atom. The Kier molecular flexibility index (Phi) is 3.88. The van der Waals surface area contributed by atoms with Crippen LogP contribution in [0, 0.1) is 6.92 Å². The lowest BCUT2D eigenvalue weighted by atomic mass is 10.1. The van der Waals surface area contributed by atoms with Crippen LogP contribution in [0.5, 0.6) is 0 Å². The predicted molar refractivity (Wildman–Crippen MR) is 73.2 cm³/mol. The Labute approximate surface area is 109 Å². The van der Waals surface area contributed by atoms with E-state index in [-0.39, 0.29) is 5.91 Å². The van der Waals surface area contributed by atoms with Crippen molar-refractivity contribution in [3.05, 3.63) is 34.8 Å². The fourth-order valence-corrected chi connectivity index (χ4v) is 2.06. The van der Waals surface area contributed by atoms with Crippen molar-refractivity contribution in [2.75, 3.05) is 17.2 Å². The molecule has 0 saturated carbocycles. The Bertz CT molecular complexity index is 539. The first kappa shape index (κ1) is 12.5. The van der Waals surface area contributed by atoms with Crippen LogP contribution in [-0.4, -0.2) is 22.6 Å². The van der Waals surface area contributed by atoms with Crippen LogP contribution in [0.4, 0.5) is 10.8 Å². The third kappa shape index (κ3) is 2.84. The van der Waals surface area contributed by atoms with E-state index in [1.165, 1.54) is 11.3 Å². The topological polar surface area (TPSA) is 66.9 Å². The van der Waals surface area contributed by atoms with Crippen molar-refractivity contribution in [1.29, 1.82) is 0 Å². The second kappa shape index (κ2) is 5.59. The number of rotatable bonds is 4. The van der Waals surface area contributed by atoms with E-state index in [0.29, 0.717) is 10.7 Å². The molecule has 5 nitrogen and oxygen atoms in total. The van der Waals surface area contributed by atoms with E-state index in [1.54, 1.807) is 5.51 Å². The summed E-state index contributed by atoms with van der Waals surface area (Å²) in [6.07, 6.45) is 0. The molecule has 0 atom stereocenters. The summed E-state index contributed by atoms with van der Waals surface area (Å²) >= 11 is 1.30. The van der Waals surface area contributed by atoms with E-state index >= 15 is 0 Å². The smallest absolute Gasteiger partial charge is 0.257 e. The van der Waals surface area contributed by atoms with Crippen molar-refractivity contribution in [3.8, 4) is 0 Å². The average Bonchev–Trinajstić information content (AvgIpc) is 2.82. The van der Waals surface area contributed by atoms with Gasteiger partial charge in [0.25, 0.3) is 5.91 Å². The van der Waals surface area contributed by atoms with Crippen molar-refractivity contribution >= 4 is 28.1 Å². The number of carbonyl (C=O) groups is 1. The number of hydrogen-bond donors (Lipinski definition) is 2. The van der Waals surface area contributed by atoms with E-state index < -0.39 is 0 Å². The Morgan fingerprint density at radius 3 is 2.89 bits per heavy atom. The van der Waals surface area contributed by atoms with E-state index in [0.717, 1.165) is 17.8 Å². The summed E-state index contributed by atoms with van der Waals surface area (Å²) in [6.45, 7) is 4.80. The quantitative estimate of drug-likeness (QED) is 0.888. The van der Waals surface area contributed by atoms with Gasteiger partial charge in [-0.2, -0.15) is 0 Å². The van der Waals surface area contributed by atoms with Gasteiger partial charge in [0.15, 0.2) is 0 Å². The van der Waals surface area contributed by atoms with Crippen LogP contribution < -0.4 is 10.6 Å². The number of carbonyl (C=O) groups excluding carboxylic acids is 1. The van der Waals surface area contributed by atoms with Gasteiger partial charge >= 0.3 is 0 Å². The second-order valence-electron chi connectivity index (χ2n) is 3.76. The SMILES string of the molecule is CCNc1ccc(C(=O)Nc2nncs2)c(C)c1. The molecule has 0 saturated heterocycles. The molecule has 2 aromatic rings. The molecule has 0 spiro atoms. The highest BCUT2D eigenvalue weighted by Gasteiger charge is 2.11. The zero-order valence-corrected chi connectivity index (χ0v) is 11.0. The summed E-state index contributed by atoms with van der Waals surface area (Å²) in [5.41, 5.74) is 4.17. The van der Waals surface area contributed by atoms with Gasteiger partial charge in [-0.05, 0) is 37.6 Å². The number of hydrogen-bond acceptors (Lipinski definition) is 5. The number of aryl methyl sites for hydroxylation is 1. The first-order chi connectivity index (χ1) is 8.70. The molecule has 1 amide bonds. The minimum atomic E-state index is -0.160. The molecule has 0 bridgehead atoms. The van der Waals surface area contributed by atoms with Crippen LogP contribution >= 0.6 is 11.3 Å². The van der Waals surface area contributed by atoms with Gasteiger partial charge < -0.3 is 5.32 Å². The lowest BCUT2D eigenvalue weighted by Crippen LogP contribution is -2.13. The van der Waals surface area contributed by atoms with Gasteiger partial charge in [0.05, 0.1) is 0 Å². The lowest BCUT2D eigenvalue weighted by molar-refractivity contribution is 0.102. The van der Waals surface area contributed by atoms with Crippen molar-refractivity contribution in [3.63, 3.8) is 0 Å². The molecule has 0 fully saturated rings. The van der Waals surface area contributed by atoms with Crippen LogP contribution in [0.2, 0.25) is 0 Å². The average molecular weight is 262 g/mol. The van der Waals surface area contributed by atoms with Crippen LogP contribution in [0.15, 0.2) is 23.7 Å². The van der Waals surface area contributed by atoms with Crippen LogP contribution in [0.25, 0.3) is 0 Å². The molecule has 0 unspecified atom stereocenters. The largest absolute Gasteiger partial charge is 0.385 e. The summed E-state index contributed by atoms with van der Waals surface area (Å²) in [4.78, 5) is 12.0. The summed E-state index contributed by atoms with van der Waals surface area (Å²) in [5.74, 6) is -0.160. The van der Waals surface area contributed by atoms with E-state index in [2.05, 4.69) is 20.8 Å². The minimum Gasteiger partial charge on any atom is -0.385 e. The molecular weight excluding hydrogens is 248 g/mol. The van der Waals surface area contributed by atoms with E-state index in [9.17, 15) is 4.79 Å². The van der Waals surface area contributed by atoms with Crippen LogP contribution in [0.1, 0.15) is 22.8 Å². The summed E-state index contributed by atoms with van der Waals surface area (Å²) in [7, 11) is 0. The molecule has 1 heterocycles. The van der Waals surface area contributed by atoms with Gasteiger partial charge in [0.1, 0.15) is 5.51 Å². The van der Waals surface area contributed by atoms with E-state index in [1.807, 2.05) is 32.0 Å². The maximum Gasteiger partial charge on any atom is 0.257 e. The molecule has 0 aliphatic heterocycles. The minimum absolute atomic E-state index is 0.160. The fourth-order valence-electron chi connectivity index (χ4n) is 1.62. The zero-order chi connectivity index (χ0) is 13.0. The van der Waals surface area contributed by atoms with E-state index in [4.69, 9.17) is 0 Å². The maximum absolute atomic E-state index is 12.0. The van der Waals surface area contributed by atoms with Crippen LogP contribution in [-0.2, 0) is 0 Å². The molecule has 94 valence electrons. The molecule has 0 aliphatic rings. The third-order valence-electron chi connectivity index (χ3n) is 2.43. The number of benzene rings is 1. The van der Waals surface area contributed by atoms with Crippen molar-refractivity contribution < 1.29 is 4.79 Å². The molecule has 2 rings (SSSR count). The number of nitrogens with zero attached hydrogens (tertiary/aromatic N) is 2. The molecule has 18 heavy (non-hydrogen) atoms. The van der Waals surface area contributed by atoms with Gasteiger partial charge in [-0.25, -0.2) is 0 Å². The molecular formula is C12H14N4OS. The van der Waals surface area contributed by atoms with Crippen molar-refractivity contribution in [2.24, 2.45) is 0 Å². The molecule has 1 aromatic heterocycles. The molecule has 1 aromatic carbocycles. The highest BCUT2D eigenvalue weighted by molar-refractivity contribution is 7.13. The monoisotopic (exact) mass is 262 g/mol. The van der Waals surface area contributed by atoms with Crippen molar-refractivity contribution in [2.45, 2.75) is 13.8 Å². The number of aromatic nitrogens is 2. The van der Waals surface area contributed by atoms with Crippen molar-refractivity contribution in [1.82, 2.24) is 10.2 Å². The van der Waals surface area contributed by atoms with Gasteiger partial charge in [0.2, 0.25) is 5.13 Å². The molecule has 6 heteroatoms. The Morgan fingerprint density at radius 2 is 2.28 bits per heavy atom. The van der Waals surface area contributed by atoms with Gasteiger partial charge in [-0.15, -0.1) is 10.2 Å². The number of anilines is 2. The first-order valence-corrected chi connectivity index (χ1v) is 6.50. The molecule has 2 N–H and O–H groups in total. The lowest BCUT2D eigenvalue weighted by Gasteiger charge is -2.08. The summed E-state index contributed by atoms with van der Waals surface area (Å²) in [5, 5.41) is 13.9. The standard InChI is InChI=1S/C12H14N4OS/c1-3-13-9-4-5-10(8(2)6-9)11(17)15-12-16-14-7-18-12/h4-7,13H,3H2,1-2H3,(H,15,16,17). The zero-order valence-electron chi connectivity index (χ0n) is 10.2. The normalized spacial score (nSPS) is 10.1. The predicted octanol–water partition coefficient (Wildman–Crippen LogP) is 2.53. The highest BCUT2D eigenvalue weighted by atomic mass is 32.1. The van der Waals surface area contributed by atoms with Crippen LogP contribution in [0.3, 0.4) is 0 Å². The Balaban J connectivity index is 2.15. The van der Waals surface area contributed by atoms with Gasteiger partial charge in [0, 0.05) is 17.8 Å². The molecule has 0 aliphatic carbocycles. The first-order valence-electron chi connectivity index (χ1n) is 5.62. The number of nitrogens with one attached hydrogen (secondary N) is 2. The highest BCUT2D eigenvalue weighted by Crippen LogP contribution is 2.17. The Hall–Kier alpha value is -1.95. The molecule has 0 radical (unpaired) electrons. The third-order valence-corrected chi connectivity index (χ3v) is 3.04. The second-order valence-corrected chi connectivity index (χ2v) is 4.59. The maximum atomic E-state index is 12.0. The van der Waals surface area contributed by atoms with Gasteiger partial charge in [-0.3, -0.25) is 10.1 Å².